The number of hydrogen-bond acceptors (Lipinski definition) is 4. The second-order valence-corrected chi connectivity index (χ2v) is 9.83. The molecule has 5 nitrogen and oxygen atoms in total. The Morgan fingerprint density at radius 1 is 1.19 bits per heavy atom. The zero-order valence-electron chi connectivity index (χ0n) is 16.0. The van der Waals surface area contributed by atoms with Gasteiger partial charge in [-0.3, -0.25) is 4.79 Å². The van der Waals surface area contributed by atoms with Gasteiger partial charge < -0.3 is 10.2 Å². The van der Waals surface area contributed by atoms with Crippen molar-refractivity contribution < 1.29 is 13.2 Å². The largest absolute Gasteiger partial charge is 0.333 e. The Morgan fingerprint density at radius 3 is 2.48 bits per heavy atom. The Balaban J connectivity index is 0.00000261. The highest BCUT2D eigenvalue weighted by atomic mass is 35.5. The van der Waals surface area contributed by atoms with Crippen LogP contribution in [0.2, 0.25) is 0 Å². The highest BCUT2D eigenvalue weighted by molar-refractivity contribution is 7.92. The number of nitrogens with one attached hydrogen (secondary N) is 1. The summed E-state index contributed by atoms with van der Waals surface area (Å²) in [4.78, 5) is 14.7. The first-order valence-corrected chi connectivity index (χ1v) is 11.5. The Labute approximate surface area is 169 Å². The summed E-state index contributed by atoms with van der Waals surface area (Å²) in [6.07, 6.45) is 4.59. The van der Waals surface area contributed by atoms with Crippen LogP contribution >= 0.6 is 12.4 Å². The van der Waals surface area contributed by atoms with E-state index in [1.165, 1.54) is 5.56 Å². The molecule has 1 heterocycles. The molecule has 2 fully saturated rings. The van der Waals surface area contributed by atoms with Crippen molar-refractivity contribution in [3.63, 3.8) is 0 Å². The number of aryl methyl sites for hydroxylation is 1. The number of carbonyl (C=O) groups excluding carboxylic acids is 1. The van der Waals surface area contributed by atoms with Crippen LogP contribution in [0.4, 0.5) is 0 Å². The van der Waals surface area contributed by atoms with E-state index < -0.39 is 9.84 Å². The average Bonchev–Trinajstić information content (AvgIpc) is 3.22. The highest BCUT2D eigenvalue weighted by Gasteiger charge is 2.32. The van der Waals surface area contributed by atoms with E-state index in [1.807, 2.05) is 4.90 Å². The third-order valence-corrected chi connectivity index (χ3v) is 8.01. The van der Waals surface area contributed by atoms with Crippen molar-refractivity contribution in [2.75, 3.05) is 25.4 Å². The predicted molar refractivity (Wildman–Crippen MR) is 111 cm³/mol. The van der Waals surface area contributed by atoms with Gasteiger partial charge in [0.2, 0.25) is 5.91 Å². The topological polar surface area (TPSA) is 66.5 Å². The van der Waals surface area contributed by atoms with Gasteiger partial charge in [-0.15, -0.1) is 12.4 Å². The minimum atomic E-state index is -3.15. The number of hydrogen-bond donors (Lipinski definition) is 1. The number of carbonyl (C=O) groups is 1. The molecule has 1 N–H and O–H groups in total. The molecule has 1 atom stereocenters. The van der Waals surface area contributed by atoms with Crippen LogP contribution in [0, 0.1) is 0 Å². The molecule has 1 aliphatic heterocycles. The Bertz CT molecular complexity index is 715. The van der Waals surface area contributed by atoms with Gasteiger partial charge in [0, 0.05) is 26.1 Å². The first kappa shape index (κ1) is 22.2. The summed E-state index contributed by atoms with van der Waals surface area (Å²) in [6.45, 7) is 4.22. The SMILES string of the molecule is CCc1ccc(C2CNCCN2C(=O)CCS(=O)(=O)C2CCCC2)cc1.Cl. The smallest absolute Gasteiger partial charge is 0.224 e. The standard InChI is InChI=1S/C20H30N2O3S.ClH/c1-2-16-7-9-17(10-8-16)19-15-21-12-13-22(19)20(23)11-14-26(24,25)18-5-3-4-6-18;/h7-10,18-19,21H,2-6,11-15H2,1H3;1H. The number of benzene rings is 1. The first-order chi connectivity index (χ1) is 12.5. The summed E-state index contributed by atoms with van der Waals surface area (Å²) in [5, 5.41) is 3.13. The van der Waals surface area contributed by atoms with E-state index in [0.29, 0.717) is 13.1 Å². The number of sulfone groups is 1. The molecule has 1 unspecified atom stereocenters. The normalized spacial score (nSPS) is 21.1. The van der Waals surface area contributed by atoms with Crippen LogP contribution in [0.5, 0.6) is 0 Å². The molecular formula is C20H31ClN2O3S. The van der Waals surface area contributed by atoms with Crippen molar-refractivity contribution >= 4 is 28.2 Å². The molecule has 0 radical (unpaired) electrons. The summed E-state index contributed by atoms with van der Waals surface area (Å²) in [5.41, 5.74) is 2.39. The molecule has 1 amide bonds. The molecule has 1 aliphatic carbocycles. The maximum atomic E-state index is 12.8. The van der Waals surface area contributed by atoms with E-state index in [0.717, 1.165) is 44.2 Å². The third kappa shape index (κ3) is 5.46. The van der Waals surface area contributed by atoms with E-state index in [1.54, 1.807) is 0 Å². The van der Waals surface area contributed by atoms with Gasteiger partial charge >= 0.3 is 0 Å². The summed E-state index contributed by atoms with van der Waals surface area (Å²) in [7, 11) is -3.15. The van der Waals surface area contributed by atoms with Gasteiger partial charge in [-0.25, -0.2) is 8.42 Å². The van der Waals surface area contributed by atoms with Gasteiger partial charge in [0.05, 0.1) is 17.0 Å². The lowest BCUT2D eigenvalue weighted by molar-refractivity contribution is -0.134. The molecule has 1 aromatic carbocycles. The van der Waals surface area contributed by atoms with Crippen molar-refractivity contribution in [1.82, 2.24) is 10.2 Å². The average molecular weight is 415 g/mol. The van der Waals surface area contributed by atoms with Gasteiger partial charge in [0.15, 0.2) is 9.84 Å². The fraction of sp³-hybridized carbons (Fsp3) is 0.650. The molecule has 27 heavy (non-hydrogen) atoms. The number of amides is 1. The highest BCUT2D eigenvalue weighted by Crippen LogP contribution is 2.27. The Hall–Kier alpha value is -1.11. The van der Waals surface area contributed by atoms with E-state index in [9.17, 15) is 13.2 Å². The molecular weight excluding hydrogens is 384 g/mol. The van der Waals surface area contributed by atoms with Crippen molar-refractivity contribution in [1.29, 1.82) is 0 Å². The van der Waals surface area contributed by atoms with Gasteiger partial charge in [-0.1, -0.05) is 44.0 Å². The fourth-order valence-corrected chi connectivity index (χ4v) is 5.91. The lowest BCUT2D eigenvalue weighted by Crippen LogP contribution is -2.49. The molecule has 0 spiro atoms. The van der Waals surface area contributed by atoms with Gasteiger partial charge in [0.1, 0.15) is 0 Å². The summed E-state index contributed by atoms with van der Waals surface area (Å²) in [5.74, 6) is -0.0558. The maximum Gasteiger partial charge on any atom is 0.224 e. The second kappa shape index (κ2) is 9.89. The van der Waals surface area contributed by atoms with Crippen molar-refractivity contribution in [2.24, 2.45) is 0 Å². The summed E-state index contributed by atoms with van der Waals surface area (Å²) < 4.78 is 24.9. The molecule has 1 saturated carbocycles. The molecule has 0 bridgehead atoms. The Kier molecular flexibility index (Phi) is 8.13. The van der Waals surface area contributed by atoms with Gasteiger partial charge in [-0.05, 0) is 30.4 Å². The lowest BCUT2D eigenvalue weighted by atomic mass is 10.0. The van der Waals surface area contributed by atoms with Gasteiger partial charge in [0.25, 0.3) is 0 Å². The molecule has 152 valence electrons. The molecule has 1 saturated heterocycles. The third-order valence-electron chi connectivity index (χ3n) is 5.75. The first-order valence-electron chi connectivity index (χ1n) is 9.82. The van der Waals surface area contributed by atoms with Crippen molar-refractivity contribution in [2.45, 2.75) is 56.7 Å². The van der Waals surface area contributed by atoms with Crippen LogP contribution in [-0.2, 0) is 21.1 Å². The van der Waals surface area contributed by atoms with Crippen LogP contribution in [0.25, 0.3) is 0 Å². The number of piperazine rings is 1. The molecule has 3 rings (SSSR count). The molecule has 7 heteroatoms. The monoisotopic (exact) mass is 414 g/mol. The number of halogens is 1. The van der Waals surface area contributed by atoms with Crippen molar-refractivity contribution in [3.8, 4) is 0 Å². The van der Waals surface area contributed by atoms with E-state index >= 15 is 0 Å². The molecule has 2 aliphatic rings. The quantitative estimate of drug-likeness (QED) is 0.777. The molecule has 0 aromatic heterocycles. The van der Waals surface area contributed by atoms with Crippen LogP contribution in [0.1, 0.15) is 56.2 Å². The minimum absolute atomic E-state index is 0. The fourth-order valence-electron chi connectivity index (χ4n) is 4.06. The van der Waals surface area contributed by atoms with Crippen LogP contribution < -0.4 is 5.32 Å². The molecule has 1 aromatic rings. The maximum absolute atomic E-state index is 12.8. The van der Waals surface area contributed by atoms with Crippen LogP contribution in [0.3, 0.4) is 0 Å². The summed E-state index contributed by atoms with van der Waals surface area (Å²) in [6, 6.07) is 8.38. The van der Waals surface area contributed by atoms with Crippen molar-refractivity contribution in [3.05, 3.63) is 35.4 Å². The number of nitrogens with zero attached hydrogens (tertiary/aromatic N) is 1. The zero-order valence-corrected chi connectivity index (χ0v) is 17.7. The Morgan fingerprint density at radius 2 is 1.85 bits per heavy atom. The predicted octanol–water partition coefficient (Wildman–Crippen LogP) is 2.89. The minimum Gasteiger partial charge on any atom is -0.333 e. The van der Waals surface area contributed by atoms with Gasteiger partial charge in [-0.2, -0.15) is 0 Å². The second-order valence-electron chi connectivity index (χ2n) is 7.43. The van der Waals surface area contributed by atoms with E-state index in [4.69, 9.17) is 0 Å². The summed E-state index contributed by atoms with van der Waals surface area (Å²) >= 11 is 0. The van der Waals surface area contributed by atoms with Crippen LogP contribution in [0.15, 0.2) is 24.3 Å². The van der Waals surface area contributed by atoms with E-state index in [-0.39, 0.29) is 41.8 Å². The lowest BCUT2D eigenvalue weighted by Gasteiger charge is -2.36. The number of rotatable bonds is 6. The van der Waals surface area contributed by atoms with E-state index in [2.05, 4.69) is 36.5 Å². The zero-order chi connectivity index (χ0) is 18.6. The van der Waals surface area contributed by atoms with Crippen LogP contribution in [-0.4, -0.2) is 49.9 Å².